The van der Waals surface area contributed by atoms with Crippen molar-refractivity contribution in [2.24, 2.45) is 0 Å². The first kappa shape index (κ1) is 14.4. The third-order valence-electron chi connectivity index (χ3n) is 3.05. The van der Waals surface area contributed by atoms with Gasteiger partial charge in [-0.3, -0.25) is 0 Å². The van der Waals surface area contributed by atoms with Crippen LogP contribution >= 0.6 is 22.9 Å². The largest absolute Gasteiger partial charge is 0.207 e. The molecule has 0 aliphatic heterocycles. The van der Waals surface area contributed by atoms with Gasteiger partial charge < -0.3 is 0 Å². The van der Waals surface area contributed by atoms with Gasteiger partial charge in [-0.2, -0.15) is 0 Å². The molecule has 0 nitrogen and oxygen atoms in total. The molecule has 2 aromatic carbocycles. The molecule has 21 heavy (non-hydrogen) atoms. The topological polar surface area (TPSA) is 0 Å². The summed E-state index contributed by atoms with van der Waals surface area (Å²) < 4.78 is 54.2. The first-order chi connectivity index (χ1) is 9.95. The normalized spacial score (nSPS) is 12.8. The van der Waals surface area contributed by atoms with Gasteiger partial charge >= 0.3 is 0 Å². The van der Waals surface area contributed by atoms with Gasteiger partial charge in [-0.05, 0) is 23.6 Å². The minimum Gasteiger partial charge on any atom is -0.207 e. The third-order valence-corrected chi connectivity index (χ3v) is 4.79. The molecule has 0 aliphatic carbocycles. The van der Waals surface area contributed by atoms with E-state index in [2.05, 4.69) is 0 Å². The maximum Gasteiger partial charge on any atom is 0.134 e. The molecule has 0 fully saturated rings. The van der Waals surface area contributed by atoms with Gasteiger partial charge in [0, 0.05) is 27.3 Å². The minimum atomic E-state index is -1.11. The van der Waals surface area contributed by atoms with Gasteiger partial charge in [0.1, 0.15) is 23.3 Å². The summed E-state index contributed by atoms with van der Waals surface area (Å²) in [6.07, 6.45) is 0. The van der Waals surface area contributed by atoms with E-state index in [0.717, 1.165) is 16.7 Å². The van der Waals surface area contributed by atoms with Crippen molar-refractivity contribution >= 4 is 33.0 Å². The number of fused-ring (bicyclic) bond motifs is 1. The van der Waals surface area contributed by atoms with E-state index < -0.39 is 34.2 Å². The average Bonchev–Trinajstić information content (AvgIpc) is 2.80. The lowest BCUT2D eigenvalue weighted by Gasteiger charge is -2.10. The van der Waals surface area contributed by atoms with Crippen LogP contribution in [0, 0.1) is 23.3 Å². The molecule has 1 heterocycles. The van der Waals surface area contributed by atoms with Crippen LogP contribution in [0.4, 0.5) is 17.6 Å². The van der Waals surface area contributed by atoms with Gasteiger partial charge in [-0.25, -0.2) is 17.6 Å². The molecule has 1 unspecified atom stereocenters. The van der Waals surface area contributed by atoms with Crippen LogP contribution in [-0.2, 0) is 0 Å². The van der Waals surface area contributed by atoms with Gasteiger partial charge in [0.2, 0.25) is 0 Å². The molecule has 1 aromatic heterocycles. The van der Waals surface area contributed by atoms with Crippen LogP contribution in [0.25, 0.3) is 10.1 Å². The Hall–Kier alpha value is -1.59. The fraction of sp³-hybridized carbons (Fsp3) is 0.0667. The Morgan fingerprint density at radius 2 is 1.52 bits per heavy atom. The Balaban J connectivity index is 2.10. The molecule has 0 saturated carbocycles. The lowest BCUT2D eigenvalue weighted by molar-refractivity contribution is 0.526. The number of halogens is 5. The Bertz CT molecular complexity index is 805. The second kappa shape index (κ2) is 5.31. The van der Waals surface area contributed by atoms with Crippen LogP contribution in [0.3, 0.4) is 0 Å². The molecule has 108 valence electrons. The van der Waals surface area contributed by atoms with E-state index in [9.17, 15) is 17.6 Å². The van der Waals surface area contributed by atoms with Crippen molar-refractivity contribution in [3.8, 4) is 0 Å². The van der Waals surface area contributed by atoms with E-state index in [1.165, 1.54) is 12.1 Å². The predicted molar refractivity (Wildman–Crippen MR) is 75.8 cm³/mol. The van der Waals surface area contributed by atoms with E-state index in [1.807, 2.05) is 0 Å². The zero-order valence-corrected chi connectivity index (χ0v) is 11.9. The van der Waals surface area contributed by atoms with Crippen LogP contribution in [0.15, 0.2) is 36.4 Å². The van der Waals surface area contributed by atoms with E-state index in [4.69, 9.17) is 11.6 Å². The zero-order valence-electron chi connectivity index (χ0n) is 10.3. The molecular formula is C15H7ClF4S. The Morgan fingerprint density at radius 3 is 2.19 bits per heavy atom. The van der Waals surface area contributed by atoms with E-state index in [0.29, 0.717) is 21.7 Å². The number of benzene rings is 2. The smallest absolute Gasteiger partial charge is 0.134 e. The average molecular weight is 331 g/mol. The number of thiophene rings is 1. The highest BCUT2D eigenvalue weighted by Gasteiger charge is 2.23. The molecule has 0 amide bonds. The summed E-state index contributed by atoms with van der Waals surface area (Å²) in [5.74, 6) is -3.50. The SMILES string of the molecule is Fc1cc(F)c(C(Cl)c2cc3ccc(F)cc3s2)c(F)c1. The van der Waals surface area contributed by atoms with Gasteiger partial charge in [0.25, 0.3) is 0 Å². The van der Waals surface area contributed by atoms with Gasteiger partial charge in [-0.15, -0.1) is 22.9 Å². The first-order valence-electron chi connectivity index (χ1n) is 5.93. The van der Waals surface area contributed by atoms with Crippen LogP contribution in [-0.4, -0.2) is 0 Å². The number of hydrogen-bond acceptors (Lipinski definition) is 1. The molecule has 0 saturated heterocycles. The maximum absolute atomic E-state index is 13.7. The first-order valence-corrected chi connectivity index (χ1v) is 7.18. The standard InChI is InChI=1S/C15H7ClF4S/c16-15(14-10(19)4-9(18)5-11(14)20)13-3-7-1-2-8(17)6-12(7)21-13/h1-6,15H. The molecule has 0 radical (unpaired) electrons. The highest BCUT2D eigenvalue weighted by atomic mass is 35.5. The van der Waals surface area contributed by atoms with Crippen molar-refractivity contribution in [1.29, 1.82) is 0 Å². The second-order valence-corrected chi connectivity index (χ2v) is 6.03. The van der Waals surface area contributed by atoms with Crippen molar-refractivity contribution in [2.75, 3.05) is 0 Å². The van der Waals surface area contributed by atoms with Gasteiger partial charge in [-0.1, -0.05) is 6.07 Å². The van der Waals surface area contributed by atoms with Crippen LogP contribution in [0.2, 0.25) is 0 Å². The summed E-state index contributed by atoms with van der Waals surface area (Å²) in [4.78, 5) is 0.460. The van der Waals surface area contributed by atoms with Gasteiger partial charge in [0.15, 0.2) is 0 Å². The van der Waals surface area contributed by atoms with Crippen molar-refractivity contribution < 1.29 is 17.6 Å². The summed E-state index contributed by atoms with van der Waals surface area (Å²) >= 11 is 7.26. The second-order valence-electron chi connectivity index (χ2n) is 4.48. The minimum absolute atomic E-state index is 0.402. The maximum atomic E-state index is 13.7. The molecule has 0 N–H and O–H groups in total. The zero-order chi connectivity index (χ0) is 15.1. The summed E-state index contributed by atoms with van der Waals surface area (Å²) in [7, 11) is 0. The molecule has 0 spiro atoms. The van der Waals surface area contributed by atoms with Crippen LogP contribution in [0.1, 0.15) is 15.8 Å². The third kappa shape index (κ3) is 2.63. The van der Waals surface area contributed by atoms with Crippen molar-refractivity contribution in [2.45, 2.75) is 5.38 Å². The van der Waals surface area contributed by atoms with E-state index in [1.54, 1.807) is 12.1 Å². The molecule has 6 heteroatoms. The Kier molecular flexibility index (Phi) is 3.63. The van der Waals surface area contributed by atoms with Gasteiger partial charge in [0.05, 0.1) is 5.38 Å². The molecular weight excluding hydrogens is 324 g/mol. The molecule has 1 atom stereocenters. The molecule has 3 rings (SSSR count). The quantitative estimate of drug-likeness (QED) is 0.412. The monoisotopic (exact) mass is 330 g/mol. The number of alkyl halides is 1. The van der Waals surface area contributed by atoms with Crippen LogP contribution < -0.4 is 0 Å². The number of hydrogen-bond donors (Lipinski definition) is 0. The summed E-state index contributed by atoms with van der Waals surface area (Å²) in [6.45, 7) is 0. The lowest BCUT2D eigenvalue weighted by Crippen LogP contribution is -2.00. The van der Waals surface area contributed by atoms with Crippen molar-refractivity contribution in [3.05, 3.63) is 70.1 Å². The summed E-state index contributed by atoms with van der Waals surface area (Å²) in [5, 5.41) is -0.379. The van der Waals surface area contributed by atoms with E-state index >= 15 is 0 Å². The molecule has 0 aliphatic rings. The Labute approximate surface area is 126 Å². The molecule has 3 aromatic rings. The lowest BCUT2D eigenvalue weighted by atomic mass is 10.1. The number of rotatable bonds is 2. The van der Waals surface area contributed by atoms with Crippen LogP contribution in [0.5, 0.6) is 0 Å². The highest BCUT2D eigenvalue weighted by Crippen LogP contribution is 2.39. The molecule has 0 bridgehead atoms. The fourth-order valence-electron chi connectivity index (χ4n) is 2.09. The highest BCUT2D eigenvalue weighted by molar-refractivity contribution is 7.19. The predicted octanol–water partition coefficient (Wildman–Crippen LogP) is 5.79. The fourth-order valence-corrected chi connectivity index (χ4v) is 3.57. The van der Waals surface area contributed by atoms with Crippen molar-refractivity contribution in [1.82, 2.24) is 0 Å². The summed E-state index contributed by atoms with van der Waals surface area (Å²) in [5.41, 5.74) is -0.412. The van der Waals surface area contributed by atoms with Crippen molar-refractivity contribution in [3.63, 3.8) is 0 Å². The summed E-state index contributed by atoms with van der Waals surface area (Å²) in [6, 6.07) is 6.98. The Morgan fingerprint density at radius 1 is 0.857 bits per heavy atom. The van der Waals surface area contributed by atoms with E-state index in [-0.39, 0.29) is 0 Å².